The molecule has 8 nitrogen and oxygen atoms in total. The van der Waals surface area contributed by atoms with E-state index in [9.17, 15) is 4.79 Å². The fraction of sp³-hybridized carbons (Fsp3) is 0.421. The molecule has 3 heterocycles. The maximum absolute atomic E-state index is 12.9. The number of anilines is 1. The van der Waals surface area contributed by atoms with Gasteiger partial charge in [-0.3, -0.25) is 4.79 Å². The second kappa shape index (κ2) is 7.03. The Bertz CT molecular complexity index is 944. The summed E-state index contributed by atoms with van der Waals surface area (Å²) in [5.41, 5.74) is 3.14. The minimum absolute atomic E-state index is 0.0778. The molecule has 1 aliphatic heterocycles. The largest absolute Gasteiger partial charge is 0.378 e. The van der Waals surface area contributed by atoms with E-state index in [1.54, 1.807) is 18.0 Å². The van der Waals surface area contributed by atoms with Crippen molar-refractivity contribution < 1.29 is 14.1 Å². The fourth-order valence-corrected chi connectivity index (χ4v) is 3.38. The molecule has 1 amide bonds. The summed E-state index contributed by atoms with van der Waals surface area (Å²) in [5, 5.41) is 3.93. The van der Waals surface area contributed by atoms with Crippen LogP contribution in [0.1, 0.15) is 29.0 Å². The topological polar surface area (TPSA) is 76.6 Å². The number of morpholine rings is 1. The molecule has 1 fully saturated rings. The average molecular weight is 369 g/mol. The first kappa shape index (κ1) is 17.5. The van der Waals surface area contributed by atoms with Crippen molar-refractivity contribution in [2.24, 2.45) is 7.05 Å². The number of hydrogen-bond acceptors (Lipinski definition) is 6. The van der Waals surface area contributed by atoms with Gasteiger partial charge in [-0.05, 0) is 25.1 Å². The monoisotopic (exact) mass is 369 g/mol. The number of nitrogens with zero attached hydrogens (tertiary/aromatic N) is 5. The van der Waals surface area contributed by atoms with Gasteiger partial charge >= 0.3 is 0 Å². The second-order valence-electron chi connectivity index (χ2n) is 6.79. The maximum atomic E-state index is 12.9. The van der Waals surface area contributed by atoms with Crippen LogP contribution in [-0.4, -0.2) is 58.9 Å². The number of carbonyl (C=O) groups is 1. The summed E-state index contributed by atoms with van der Waals surface area (Å²) in [6.07, 6.45) is 1.51. The standard InChI is InChI=1S/C19H23N5O3/c1-13(15-6-9-27-21-15)22(2)18(25)14-4-5-17-16(12-14)20-19(23(17)3)24-7-10-26-11-8-24/h4-6,9,12-13H,7-8,10-11H2,1-3H3. The third-order valence-electron chi connectivity index (χ3n) is 5.19. The molecule has 1 saturated heterocycles. The molecule has 0 saturated carbocycles. The molecule has 1 aliphatic rings. The Morgan fingerprint density at radius 3 is 2.74 bits per heavy atom. The first-order valence-electron chi connectivity index (χ1n) is 9.03. The van der Waals surface area contributed by atoms with Gasteiger partial charge in [-0.25, -0.2) is 4.98 Å². The summed E-state index contributed by atoms with van der Waals surface area (Å²) in [5.74, 6) is 0.827. The lowest BCUT2D eigenvalue weighted by molar-refractivity contribution is 0.0737. The van der Waals surface area contributed by atoms with Crippen LogP contribution < -0.4 is 4.90 Å². The number of carbonyl (C=O) groups excluding carboxylic acids is 1. The molecule has 8 heteroatoms. The van der Waals surface area contributed by atoms with Crippen LogP contribution in [0.5, 0.6) is 0 Å². The van der Waals surface area contributed by atoms with Crippen LogP contribution in [0.2, 0.25) is 0 Å². The molecule has 1 aromatic carbocycles. The summed E-state index contributed by atoms with van der Waals surface area (Å²) < 4.78 is 12.4. The van der Waals surface area contributed by atoms with Crippen LogP contribution in [0.4, 0.5) is 5.95 Å². The van der Waals surface area contributed by atoms with E-state index < -0.39 is 0 Å². The lowest BCUT2D eigenvalue weighted by Crippen LogP contribution is -2.37. The number of rotatable bonds is 4. The van der Waals surface area contributed by atoms with Crippen LogP contribution in [-0.2, 0) is 11.8 Å². The summed E-state index contributed by atoms with van der Waals surface area (Å²) in [6.45, 7) is 4.97. The molecule has 0 spiro atoms. The van der Waals surface area contributed by atoms with Crippen LogP contribution in [0, 0.1) is 0 Å². The molecule has 1 atom stereocenters. The van der Waals surface area contributed by atoms with Crippen molar-refractivity contribution in [2.45, 2.75) is 13.0 Å². The number of hydrogen-bond donors (Lipinski definition) is 0. The molecule has 1 unspecified atom stereocenters. The highest BCUT2D eigenvalue weighted by molar-refractivity contribution is 5.97. The smallest absolute Gasteiger partial charge is 0.254 e. The first-order chi connectivity index (χ1) is 13.1. The van der Waals surface area contributed by atoms with E-state index in [0.717, 1.165) is 35.8 Å². The highest BCUT2D eigenvalue weighted by Crippen LogP contribution is 2.25. The normalized spacial score (nSPS) is 15.9. The van der Waals surface area contributed by atoms with Gasteiger partial charge in [-0.2, -0.15) is 0 Å². The number of ether oxygens (including phenoxy) is 1. The van der Waals surface area contributed by atoms with Gasteiger partial charge in [-0.15, -0.1) is 0 Å². The van der Waals surface area contributed by atoms with E-state index >= 15 is 0 Å². The van der Waals surface area contributed by atoms with E-state index in [-0.39, 0.29) is 11.9 Å². The van der Waals surface area contributed by atoms with Gasteiger partial charge in [0.05, 0.1) is 30.3 Å². The van der Waals surface area contributed by atoms with E-state index in [4.69, 9.17) is 14.2 Å². The van der Waals surface area contributed by atoms with Crippen molar-refractivity contribution in [2.75, 3.05) is 38.3 Å². The maximum Gasteiger partial charge on any atom is 0.254 e. The van der Waals surface area contributed by atoms with Gasteiger partial charge in [0.25, 0.3) is 5.91 Å². The average Bonchev–Trinajstić information content (AvgIpc) is 3.35. The van der Waals surface area contributed by atoms with E-state index in [2.05, 4.69) is 14.6 Å². The fourth-order valence-electron chi connectivity index (χ4n) is 3.38. The zero-order valence-corrected chi connectivity index (χ0v) is 15.8. The van der Waals surface area contributed by atoms with Gasteiger partial charge in [0.1, 0.15) is 12.0 Å². The number of fused-ring (bicyclic) bond motifs is 1. The molecule has 3 aromatic rings. The highest BCUT2D eigenvalue weighted by Gasteiger charge is 2.23. The molecule has 27 heavy (non-hydrogen) atoms. The lowest BCUT2D eigenvalue weighted by Gasteiger charge is -2.27. The number of amides is 1. The summed E-state index contributed by atoms with van der Waals surface area (Å²) in [4.78, 5) is 21.6. The van der Waals surface area contributed by atoms with Crippen LogP contribution in [0.3, 0.4) is 0 Å². The Labute approximate surface area is 157 Å². The van der Waals surface area contributed by atoms with Crippen molar-refractivity contribution in [3.8, 4) is 0 Å². The molecule has 142 valence electrons. The van der Waals surface area contributed by atoms with Crippen molar-refractivity contribution in [1.82, 2.24) is 19.6 Å². The molecule has 0 N–H and O–H groups in total. The SMILES string of the molecule is CC(c1ccon1)N(C)C(=O)c1ccc2c(c1)nc(N1CCOCC1)n2C. The quantitative estimate of drug-likeness (QED) is 0.702. The van der Waals surface area contributed by atoms with Crippen LogP contribution in [0.15, 0.2) is 35.1 Å². The Kier molecular flexibility index (Phi) is 4.57. The lowest BCUT2D eigenvalue weighted by atomic mass is 10.1. The molecule has 0 aliphatic carbocycles. The number of aromatic nitrogens is 3. The van der Waals surface area contributed by atoms with E-state index in [1.807, 2.05) is 32.2 Å². The van der Waals surface area contributed by atoms with Crippen molar-refractivity contribution in [1.29, 1.82) is 0 Å². The molecule has 0 bridgehead atoms. The van der Waals surface area contributed by atoms with Crippen molar-refractivity contribution >= 4 is 22.9 Å². The minimum Gasteiger partial charge on any atom is -0.378 e. The minimum atomic E-state index is -0.181. The van der Waals surface area contributed by atoms with Gasteiger partial charge < -0.3 is 23.6 Å². The van der Waals surface area contributed by atoms with Gasteiger partial charge in [0.15, 0.2) is 0 Å². The van der Waals surface area contributed by atoms with Crippen LogP contribution in [0.25, 0.3) is 11.0 Å². The van der Waals surface area contributed by atoms with Crippen molar-refractivity contribution in [3.05, 3.63) is 41.8 Å². The Morgan fingerprint density at radius 2 is 2.04 bits per heavy atom. The number of imidazole rings is 1. The number of benzene rings is 1. The number of aryl methyl sites for hydroxylation is 1. The summed E-state index contributed by atoms with van der Waals surface area (Å²) >= 11 is 0. The van der Waals surface area contributed by atoms with E-state index in [1.165, 1.54) is 6.26 Å². The molecule has 4 rings (SSSR count). The second-order valence-corrected chi connectivity index (χ2v) is 6.79. The Morgan fingerprint density at radius 1 is 1.26 bits per heavy atom. The highest BCUT2D eigenvalue weighted by atomic mass is 16.5. The Hall–Kier alpha value is -2.87. The van der Waals surface area contributed by atoms with Crippen LogP contribution >= 0.6 is 0 Å². The zero-order chi connectivity index (χ0) is 19.0. The molecule has 2 aromatic heterocycles. The summed E-state index contributed by atoms with van der Waals surface area (Å²) in [6, 6.07) is 7.24. The molecule has 0 radical (unpaired) electrons. The molecular formula is C19H23N5O3. The summed E-state index contributed by atoms with van der Waals surface area (Å²) in [7, 11) is 3.77. The Balaban J connectivity index is 1.62. The van der Waals surface area contributed by atoms with Gasteiger partial charge in [0.2, 0.25) is 5.95 Å². The first-order valence-corrected chi connectivity index (χ1v) is 9.03. The molecular weight excluding hydrogens is 346 g/mol. The van der Waals surface area contributed by atoms with Crippen molar-refractivity contribution in [3.63, 3.8) is 0 Å². The third kappa shape index (κ3) is 3.16. The van der Waals surface area contributed by atoms with E-state index in [0.29, 0.717) is 18.8 Å². The zero-order valence-electron chi connectivity index (χ0n) is 15.8. The predicted molar refractivity (Wildman–Crippen MR) is 101 cm³/mol. The predicted octanol–water partition coefficient (Wildman–Crippen LogP) is 2.23. The third-order valence-corrected chi connectivity index (χ3v) is 5.19. The van der Waals surface area contributed by atoms with Gasteiger partial charge in [0, 0.05) is 38.8 Å². The van der Waals surface area contributed by atoms with Gasteiger partial charge in [-0.1, -0.05) is 5.16 Å².